The molecular formula is C24H39N3O3Si. The Morgan fingerprint density at radius 3 is 2.52 bits per heavy atom. The predicted molar refractivity (Wildman–Crippen MR) is 129 cm³/mol. The van der Waals surface area contributed by atoms with Gasteiger partial charge in [0.25, 0.3) is 0 Å². The molecule has 1 fully saturated rings. The molecule has 2 atom stereocenters. The molecule has 3 N–H and O–H groups in total. The average molecular weight is 446 g/mol. The number of hydrogen-bond acceptors (Lipinski definition) is 4. The third kappa shape index (κ3) is 4.82. The molecule has 2 aromatic rings. The summed E-state index contributed by atoms with van der Waals surface area (Å²) in [5.74, 6) is -0.443. The summed E-state index contributed by atoms with van der Waals surface area (Å²) in [5, 5.41) is 14.1. The van der Waals surface area contributed by atoms with Crippen molar-refractivity contribution in [3.8, 4) is 0 Å². The maximum Gasteiger partial charge on any atom is 0.339 e. The van der Waals surface area contributed by atoms with Crippen LogP contribution in [0.25, 0.3) is 11.0 Å². The Labute approximate surface area is 187 Å². The molecule has 7 heteroatoms. The second-order valence-electron chi connectivity index (χ2n) is 10.1. The highest BCUT2D eigenvalue weighted by atomic mass is 28.4. The summed E-state index contributed by atoms with van der Waals surface area (Å²) < 4.78 is 6.87. The van der Waals surface area contributed by atoms with E-state index >= 15 is 0 Å². The molecule has 0 aromatic carbocycles. The first-order valence-electron chi connectivity index (χ1n) is 11.8. The first kappa shape index (κ1) is 23.8. The molecule has 2 heterocycles. The number of carboxylic acid groups (broad SMARTS) is 1. The second kappa shape index (κ2) is 9.73. The Morgan fingerprint density at radius 2 is 1.90 bits per heavy atom. The minimum absolute atomic E-state index is 0.233. The van der Waals surface area contributed by atoms with Gasteiger partial charge in [0.05, 0.1) is 5.69 Å². The number of aromatic nitrogens is 2. The Hall–Kier alpha value is -1.86. The molecule has 3 rings (SSSR count). The van der Waals surface area contributed by atoms with Crippen LogP contribution in [0.15, 0.2) is 18.5 Å². The van der Waals surface area contributed by atoms with E-state index in [1.807, 2.05) is 6.07 Å². The van der Waals surface area contributed by atoms with E-state index in [0.29, 0.717) is 33.9 Å². The molecule has 1 aliphatic rings. The minimum Gasteiger partial charge on any atom is -0.478 e. The average Bonchev–Trinajstić information content (AvgIpc) is 3.17. The number of fused-ring (bicyclic) bond motifs is 1. The molecule has 0 bridgehead atoms. The highest BCUT2D eigenvalue weighted by molar-refractivity contribution is 6.77. The lowest BCUT2D eigenvalue weighted by molar-refractivity contribution is 0.0697. The fraction of sp³-hybridized carbons (Fsp3) is 0.667. The van der Waals surface area contributed by atoms with Crippen LogP contribution in [0.1, 0.15) is 77.6 Å². The third-order valence-electron chi connectivity index (χ3n) is 7.22. The van der Waals surface area contributed by atoms with Crippen molar-refractivity contribution in [3.63, 3.8) is 0 Å². The topological polar surface area (TPSA) is 87.2 Å². The van der Waals surface area contributed by atoms with E-state index in [0.717, 1.165) is 31.3 Å². The lowest BCUT2D eigenvalue weighted by Gasteiger charge is -2.43. The summed E-state index contributed by atoms with van der Waals surface area (Å²) in [7, 11) is -1.87. The summed E-state index contributed by atoms with van der Waals surface area (Å²) in [6.45, 7) is 14.8. The summed E-state index contributed by atoms with van der Waals surface area (Å²) in [6, 6.07) is 2.14. The number of rotatable bonds is 9. The van der Waals surface area contributed by atoms with Crippen LogP contribution in [-0.4, -0.2) is 42.0 Å². The molecule has 1 saturated carbocycles. The maximum absolute atomic E-state index is 11.8. The van der Waals surface area contributed by atoms with Crippen molar-refractivity contribution in [2.45, 2.75) is 89.9 Å². The largest absolute Gasteiger partial charge is 0.478 e. The number of anilines is 1. The van der Waals surface area contributed by atoms with Gasteiger partial charge < -0.3 is 19.8 Å². The van der Waals surface area contributed by atoms with Gasteiger partial charge in [-0.15, -0.1) is 0 Å². The molecular weight excluding hydrogens is 406 g/mol. The Balaban J connectivity index is 1.73. The molecule has 2 aromatic heterocycles. The van der Waals surface area contributed by atoms with Gasteiger partial charge in [0.2, 0.25) is 0 Å². The van der Waals surface area contributed by atoms with Crippen molar-refractivity contribution in [3.05, 3.63) is 24.0 Å². The Bertz CT molecular complexity index is 872. The molecule has 0 aliphatic heterocycles. The third-order valence-corrected chi connectivity index (χ3v) is 13.3. The number of H-pyrrole nitrogens is 1. The van der Waals surface area contributed by atoms with Crippen molar-refractivity contribution < 1.29 is 14.3 Å². The van der Waals surface area contributed by atoms with Gasteiger partial charge >= 0.3 is 5.97 Å². The zero-order chi connectivity index (χ0) is 22.8. The predicted octanol–water partition coefficient (Wildman–Crippen LogP) is 6.42. The molecule has 0 amide bonds. The van der Waals surface area contributed by atoms with Crippen LogP contribution in [-0.2, 0) is 4.43 Å². The fourth-order valence-electron chi connectivity index (χ4n) is 5.87. The van der Waals surface area contributed by atoms with Crippen molar-refractivity contribution in [2.75, 3.05) is 11.9 Å². The molecule has 31 heavy (non-hydrogen) atoms. The smallest absolute Gasteiger partial charge is 0.339 e. The van der Waals surface area contributed by atoms with Gasteiger partial charge in [0.15, 0.2) is 8.32 Å². The zero-order valence-electron chi connectivity index (χ0n) is 19.9. The van der Waals surface area contributed by atoms with Crippen molar-refractivity contribution >= 4 is 31.0 Å². The van der Waals surface area contributed by atoms with Gasteiger partial charge in [0, 0.05) is 30.4 Å². The highest BCUT2D eigenvalue weighted by Gasteiger charge is 2.45. The van der Waals surface area contributed by atoms with E-state index in [4.69, 9.17) is 4.43 Å². The number of nitrogens with zero attached hydrogens (tertiary/aromatic N) is 1. The van der Waals surface area contributed by atoms with E-state index in [1.54, 1.807) is 6.20 Å². The molecule has 0 saturated heterocycles. The molecule has 6 nitrogen and oxygen atoms in total. The quantitative estimate of drug-likeness (QED) is 0.387. The first-order chi connectivity index (χ1) is 14.7. The van der Waals surface area contributed by atoms with Crippen molar-refractivity contribution in [1.82, 2.24) is 9.97 Å². The lowest BCUT2D eigenvalue weighted by Crippen LogP contribution is -2.49. The van der Waals surface area contributed by atoms with Crippen molar-refractivity contribution in [1.29, 1.82) is 0 Å². The molecule has 2 unspecified atom stereocenters. The Kier molecular flexibility index (Phi) is 7.47. The van der Waals surface area contributed by atoms with Crippen LogP contribution in [0.3, 0.4) is 0 Å². The van der Waals surface area contributed by atoms with Gasteiger partial charge in [0.1, 0.15) is 11.2 Å². The highest BCUT2D eigenvalue weighted by Crippen LogP contribution is 2.43. The van der Waals surface area contributed by atoms with Crippen LogP contribution in [0.5, 0.6) is 0 Å². The number of aromatic carboxylic acids is 1. The normalized spacial score (nSPS) is 20.2. The minimum atomic E-state index is -1.87. The zero-order valence-corrected chi connectivity index (χ0v) is 20.9. The van der Waals surface area contributed by atoms with E-state index in [9.17, 15) is 9.90 Å². The number of pyridine rings is 1. The van der Waals surface area contributed by atoms with Gasteiger partial charge in [-0.2, -0.15) is 0 Å². The number of hydrogen-bond donors (Lipinski definition) is 3. The number of carbonyl (C=O) groups is 1. The molecule has 0 spiro atoms. The van der Waals surface area contributed by atoms with E-state index < -0.39 is 14.3 Å². The van der Waals surface area contributed by atoms with E-state index in [1.165, 1.54) is 12.6 Å². The van der Waals surface area contributed by atoms with Gasteiger partial charge in [-0.1, -0.05) is 48.0 Å². The number of nitrogens with one attached hydrogen (secondary N) is 2. The number of aromatic amines is 1. The SMILES string of the molecule is CC(C)[Si](OCC1CCCC(Nc2c(C(=O)O)cnc3[nH]ccc23)C1)(C(C)C)C(C)C. The summed E-state index contributed by atoms with van der Waals surface area (Å²) >= 11 is 0. The summed E-state index contributed by atoms with van der Waals surface area (Å²) in [4.78, 5) is 19.1. The molecule has 172 valence electrons. The van der Waals surface area contributed by atoms with Gasteiger partial charge in [-0.05, 0) is 47.9 Å². The first-order valence-corrected chi connectivity index (χ1v) is 13.9. The van der Waals surface area contributed by atoms with Crippen LogP contribution in [0.4, 0.5) is 5.69 Å². The van der Waals surface area contributed by atoms with E-state index in [2.05, 4.69) is 56.8 Å². The van der Waals surface area contributed by atoms with Crippen LogP contribution >= 0.6 is 0 Å². The fourth-order valence-corrected chi connectivity index (χ4v) is 11.4. The maximum atomic E-state index is 11.8. The standard InChI is InChI=1S/C24H39N3O3Si/c1-15(2)31(16(3)4,17(5)6)30-14-18-8-7-9-19(12-18)27-22-20-10-11-25-23(20)26-13-21(22)24(28)29/h10-11,13,15-19H,7-9,12,14H2,1-6H3,(H,28,29)(H2,25,26,27). The van der Waals surface area contributed by atoms with E-state index in [-0.39, 0.29) is 11.6 Å². The van der Waals surface area contributed by atoms with Crippen LogP contribution in [0, 0.1) is 5.92 Å². The molecule has 0 radical (unpaired) electrons. The summed E-state index contributed by atoms with van der Waals surface area (Å²) in [5.41, 5.74) is 3.38. The lowest BCUT2D eigenvalue weighted by atomic mass is 9.86. The second-order valence-corrected chi connectivity index (χ2v) is 15.6. The molecule has 1 aliphatic carbocycles. The van der Waals surface area contributed by atoms with Crippen molar-refractivity contribution in [2.24, 2.45) is 5.92 Å². The van der Waals surface area contributed by atoms with Gasteiger partial charge in [-0.25, -0.2) is 9.78 Å². The number of carboxylic acids is 1. The monoisotopic (exact) mass is 445 g/mol. The summed E-state index contributed by atoms with van der Waals surface area (Å²) in [6.07, 6.45) is 7.62. The Morgan fingerprint density at radius 1 is 1.23 bits per heavy atom. The van der Waals surface area contributed by atoms with Crippen LogP contribution in [0.2, 0.25) is 16.6 Å². The van der Waals surface area contributed by atoms with Crippen LogP contribution < -0.4 is 5.32 Å². The van der Waals surface area contributed by atoms with Gasteiger partial charge in [-0.3, -0.25) is 0 Å².